The molecule has 114 valence electrons. The second-order valence-electron chi connectivity index (χ2n) is 6.51. The van der Waals surface area contributed by atoms with E-state index >= 15 is 0 Å². The Bertz CT molecular complexity index is 542. The maximum absolute atomic E-state index is 12.3. The van der Waals surface area contributed by atoms with Gasteiger partial charge in [-0.3, -0.25) is 9.69 Å². The van der Waals surface area contributed by atoms with Gasteiger partial charge < -0.3 is 10.1 Å². The Kier molecular flexibility index (Phi) is 4.00. The highest BCUT2D eigenvalue weighted by molar-refractivity contribution is 5.84. The van der Waals surface area contributed by atoms with Crippen molar-refractivity contribution >= 4 is 5.91 Å². The smallest absolute Gasteiger partial charge is 0.238 e. The second kappa shape index (κ2) is 5.78. The first-order valence-corrected chi connectivity index (χ1v) is 7.78. The van der Waals surface area contributed by atoms with Crippen LogP contribution in [0.1, 0.15) is 43.1 Å². The summed E-state index contributed by atoms with van der Waals surface area (Å²) in [5.41, 5.74) is 3.85. The van der Waals surface area contributed by atoms with Crippen molar-refractivity contribution in [3.63, 3.8) is 0 Å². The molecular weight excluding hydrogens is 264 g/mol. The van der Waals surface area contributed by atoms with E-state index in [1.54, 1.807) is 0 Å². The molecular formula is C17H24N2O2. The Balaban J connectivity index is 1.90. The molecule has 4 heteroatoms. The van der Waals surface area contributed by atoms with Crippen molar-refractivity contribution in [2.24, 2.45) is 5.92 Å². The molecule has 4 nitrogen and oxygen atoms in total. The number of rotatable bonds is 3. The van der Waals surface area contributed by atoms with Crippen LogP contribution in [-0.2, 0) is 22.6 Å². The van der Waals surface area contributed by atoms with E-state index in [9.17, 15) is 4.79 Å². The van der Waals surface area contributed by atoms with Crippen LogP contribution in [0, 0.1) is 5.92 Å². The maximum Gasteiger partial charge on any atom is 0.238 e. The van der Waals surface area contributed by atoms with Gasteiger partial charge in [0, 0.05) is 0 Å². The molecule has 1 fully saturated rings. The van der Waals surface area contributed by atoms with Gasteiger partial charge in [0.05, 0.1) is 19.3 Å². The standard InChI is InChI=1S/C17H24N2O2/c1-11(2)9-15-17(20)18-16(19(15)3)14-6-4-5-12-10-21-8-7-13(12)14/h4-6,11,15-16H,7-10H2,1-3H3,(H,18,20)/t15-,16?/m0/s1. The number of amides is 1. The monoisotopic (exact) mass is 288 g/mol. The lowest BCUT2D eigenvalue weighted by atomic mass is 9.95. The lowest BCUT2D eigenvalue weighted by Crippen LogP contribution is -2.32. The summed E-state index contributed by atoms with van der Waals surface area (Å²) in [6, 6.07) is 6.31. The molecule has 2 heterocycles. The zero-order chi connectivity index (χ0) is 15.0. The molecule has 0 aromatic heterocycles. The predicted molar refractivity (Wildman–Crippen MR) is 81.7 cm³/mol. The van der Waals surface area contributed by atoms with Crippen LogP contribution in [0.2, 0.25) is 0 Å². The highest BCUT2D eigenvalue weighted by atomic mass is 16.5. The first-order chi connectivity index (χ1) is 10.1. The highest BCUT2D eigenvalue weighted by Crippen LogP contribution is 2.32. The molecule has 0 bridgehead atoms. The van der Waals surface area contributed by atoms with Gasteiger partial charge in [-0.05, 0) is 42.5 Å². The summed E-state index contributed by atoms with van der Waals surface area (Å²) in [6.45, 7) is 5.78. The third-order valence-corrected chi connectivity index (χ3v) is 4.53. The number of carbonyl (C=O) groups excluding carboxylic acids is 1. The summed E-state index contributed by atoms with van der Waals surface area (Å²) in [7, 11) is 2.05. The average molecular weight is 288 g/mol. The molecule has 0 aliphatic carbocycles. The molecule has 1 N–H and O–H groups in total. The van der Waals surface area contributed by atoms with Crippen LogP contribution in [0.15, 0.2) is 18.2 Å². The minimum Gasteiger partial charge on any atom is -0.376 e. The van der Waals surface area contributed by atoms with Gasteiger partial charge in [-0.1, -0.05) is 32.0 Å². The van der Waals surface area contributed by atoms with E-state index in [4.69, 9.17) is 4.74 Å². The van der Waals surface area contributed by atoms with Crippen molar-refractivity contribution in [1.29, 1.82) is 0 Å². The molecule has 21 heavy (non-hydrogen) atoms. The molecule has 0 spiro atoms. The lowest BCUT2D eigenvalue weighted by Gasteiger charge is -2.28. The number of likely N-dealkylation sites (N-methyl/N-ethyl adjacent to an activating group) is 1. The van der Waals surface area contributed by atoms with E-state index in [1.807, 2.05) is 7.05 Å². The number of fused-ring (bicyclic) bond motifs is 1. The first kappa shape index (κ1) is 14.5. The van der Waals surface area contributed by atoms with Crippen LogP contribution in [0.25, 0.3) is 0 Å². The number of hydrogen-bond donors (Lipinski definition) is 1. The fraction of sp³-hybridized carbons (Fsp3) is 0.588. The molecule has 1 amide bonds. The van der Waals surface area contributed by atoms with Crippen LogP contribution < -0.4 is 5.32 Å². The van der Waals surface area contributed by atoms with Gasteiger partial charge >= 0.3 is 0 Å². The second-order valence-corrected chi connectivity index (χ2v) is 6.51. The Hall–Kier alpha value is -1.39. The van der Waals surface area contributed by atoms with E-state index in [0.717, 1.165) is 19.4 Å². The average Bonchev–Trinajstić information content (AvgIpc) is 2.74. The predicted octanol–water partition coefficient (Wildman–Crippen LogP) is 2.23. The molecule has 1 aromatic rings. The number of carbonyl (C=O) groups is 1. The highest BCUT2D eigenvalue weighted by Gasteiger charge is 2.39. The summed E-state index contributed by atoms with van der Waals surface area (Å²) >= 11 is 0. The zero-order valence-electron chi connectivity index (χ0n) is 13.1. The summed E-state index contributed by atoms with van der Waals surface area (Å²) in [5, 5.41) is 3.17. The molecule has 2 atom stereocenters. The van der Waals surface area contributed by atoms with Gasteiger partial charge in [0.2, 0.25) is 5.91 Å². The van der Waals surface area contributed by atoms with Crippen LogP contribution in [-0.4, -0.2) is 30.5 Å². The van der Waals surface area contributed by atoms with Crippen LogP contribution in [0.4, 0.5) is 0 Å². The topological polar surface area (TPSA) is 41.6 Å². The fourth-order valence-corrected chi connectivity index (χ4v) is 3.42. The Morgan fingerprint density at radius 3 is 3.00 bits per heavy atom. The normalized spacial score (nSPS) is 26.0. The maximum atomic E-state index is 12.3. The number of benzene rings is 1. The van der Waals surface area contributed by atoms with Crippen LogP contribution >= 0.6 is 0 Å². The van der Waals surface area contributed by atoms with E-state index < -0.39 is 0 Å². The molecule has 1 aromatic carbocycles. The van der Waals surface area contributed by atoms with Gasteiger partial charge in [-0.15, -0.1) is 0 Å². The van der Waals surface area contributed by atoms with Crippen molar-refractivity contribution < 1.29 is 9.53 Å². The van der Waals surface area contributed by atoms with Crippen molar-refractivity contribution in [2.75, 3.05) is 13.7 Å². The fourth-order valence-electron chi connectivity index (χ4n) is 3.42. The molecule has 2 aliphatic heterocycles. The van der Waals surface area contributed by atoms with Crippen LogP contribution in [0.5, 0.6) is 0 Å². The van der Waals surface area contributed by atoms with Crippen molar-refractivity contribution in [2.45, 2.75) is 45.5 Å². The lowest BCUT2D eigenvalue weighted by molar-refractivity contribution is -0.121. The van der Waals surface area contributed by atoms with E-state index in [1.165, 1.54) is 16.7 Å². The third-order valence-electron chi connectivity index (χ3n) is 4.53. The van der Waals surface area contributed by atoms with Crippen LogP contribution in [0.3, 0.4) is 0 Å². The molecule has 1 unspecified atom stereocenters. The summed E-state index contributed by atoms with van der Waals surface area (Å²) in [6.07, 6.45) is 1.83. The number of hydrogen-bond acceptors (Lipinski definition) is 3. The number of nitrogens with zero attached hydrogens (tertiary/aromatic N) is 1. The summed E-state index contributed by atoms with van der Waals surface area (Å²) in [5.74, 6) is 0.668. The first-order valence-electron chi connectivity index (χ1n) is 7.78. The molecule has 0 radical (unpaired) electrons. The van der Waals surface area contributed by atoms with Crippen molar-refractivity contribution in [1.82, 2.24) is 10.2 Å². The van der Waals surface area contributed by atoms with E-state index in [0.29, 0.717) is 12.5 Å². The summed E-state index contributed by atoms with van der Waals surface area (Å²) in [4.78, 5) is 14.5. The van der Waals surface area contributed by atoms with E-state index in [-0.39, 0.29) is 18.1 Å². The Morgan fingerprint density at radius 2 is 2.24 bits per heavy atom. The molecule has 2 aliphatic rings. The van der Waals surface area contributed by atoms with Gasteiger partial charge in [0.1, 0.15) is 6.17 Å². The van der Waals surface area contributed by atoms with Crippen molar-refractivity contribution in [3.05, 3.63) is 34.9 Å². The SMILES string of the molecule is CC(C)C[C@H]1C(=O)NC(c2cccc3c2CCOC3)N1C. The van der Waals surface area contributed by atoms with E-state index in [2.05, 4.69) is 42.3 Å². The number of nitrogens with one attached hydrogen (secondary N) is 1. The minimum atomic E-state index is -0.0225. The van der Waals surface area contributed by atoms with Gasteiger partial charge in [-0.2, -0.15) is 0 Å². The quantitative estimate of drug-likeness (QED) is 0.927. The third kappa shape index (κ3) is 2.70. The van der Waals surface area contributed by atoms with Gasteiger partial charge in [-0.25, -0.2) is 0 Å². The van der Waals surface area contributed by atoms with Gasteiger partial charge in [0.15, 0.2) is 0 Å². The van der Waals surface area contributed by atoms with Crippen molar-refractivity contribution in [3.8, 4) is 0 Å². The molecule has 1 saturated heterocycles. The largest absolute Gasteiger partial charge is 0.376 e. The molecule has 0 saturated carbocycles. The molecule has 3 rings (SSSR count). The summed E-state index contributed by atoms with van der Waals surface area (Å²) < 4.78 is 5.53. The minimum absolute atomic E-state index is 0.00528. The Labute approximate surface area is 126 Å². The Morgan fingerprint density at radius 1 is 1.43 bits per heavy atom. The van der Waals surface area contributed by atoms with Gasteiger partial charge in [0.25, 0.3) is 0 Å². The zero-order valence-corrected chi connectivity index (χ0v) is 13.1. The number of ether oxygens (including phenoxy) is 1.